The first kappa shape index (κ1) is 15.7. The van der Waals surface area contributed by atoms with E-state index in [0.29, 0.717) is 17.9 Å². The van der Waals surface area contributed by atoms with Gasteiger partial charge in [-0.15, -0.1) is 0 Å². The molecular formula is C17H19N3O2S. The zero-order valence-electron chi connectivity index (χ0n) is 13.2. The quantitative estimate of drug-likeness (QED) is 0.782. The van der Waals surface area contributed by atoms with Crippen molar-refractivity contribution in [3.63, 3.8) is 0 Å². The Morgan fingerprint density at radius 1 is 1.13 bits per heavy atom. The standard InChI is InChI=1S/C17H19N3O2S/c1-13-6-5-7-14(12-13)23(21,22)18-11-10-17-19-15-8-3-4-9-16(15)20(17)2/h3-9,12,18H,10-11H2,1-2H3. The number of hydrogen-bond acceptors (Lipinski definition) is 3. The van der Waals surface area contributed by atoms with Gasteiger partial charge in [0, 0.05) is 20.0 Å². The Bertz CT molecular complexity index is 945. The number of aryl methyl sites for hydroxylation is 2. The Morgan fingerprint density at radius 3 is 2.65 bits per heavy atom. The first-order valence-electron chi connectivity index (χ1n) is 7.44. The first-order chi connectivity index (χ1) is 11.0. The van der Waals surface area contributed by atoms with Crippen molar-refractivity contribution in [3.8, 4) is 0 Å². The Morgan fingerprint density at radius 2 is 1.91 bits per heavy atom. The van der Waals surface area contributed by atoms with Crippen LogP contribution in [0.2, 0.25) is 0 Å². The van der Waals surface area contributed by atoms with Crippen LogP contribution in [0.5, 0.6) is 0 Å². The van der Waals surface area contributed by atoms with E-state index in [-0.39, 0.29) is 0 Å². The molecule has 1 aromatic heterocycles. The van der Waals surface area contributed by atoms with E-state index in [9.17, 15) is 8.42 Å². The van der Waals surface area contributed by atoms with E-state index >= 15 is 0 Å². The molecule has 1 heterocycles. The minimum absolute atomic E-state index is 0.294. The van der Waals surface area contributed by atoms with Crippen molar-refractivity contribution in [2.24, 2.45) is 7.05 Å². The third-order valence-corrected chi connectivity index (χ3v) is 5.28. The summed E-state index contributed by atoms with van der Waals surface area (Å²) in [6, 6.07) is 14.8. The van der Waals surface area contributed by atoms with Crippen LogP contribution >= 0.6 is 0 Å². The van der Waals surface area contributed by atoms with Gasteiger partial charge in [0.25, 0.3) is 0 Å². The van der Waals surface area contributed by atoms with Crippen LogP contribution in [-0.2, 0) is 23.5 Å². The number of imidazole rings is 1. The zero-order chi connectivity index (χ0) is 16.4. The average molecular weight is 329 g/mol. The minimum Gasteiger partial charge on any atom is -0.331 e. The summed E-state index contributed by atoms with van der Waals surface area (Å²) >= 11 is 0. The number of aromatic nitrogens is 2. The number of benzene rings is 2. The van der Waals surface area contributed by atoms with Gasteiger partial charge in [-0.1, -0.05) is 24.3 Å². The van der Waals surface area contributed by atoms with Gasteiger partial charge in [0.1, 0.15) is 5.82 Å². The molecule has 6 heteroatoms. The van der Waals surface area contributed by atoms with E-state index < -0.39 is 10.0 Å². The predicted molar refractivity (Wildman–Crippen MR) is 90.8 cm³/mol. The van der Waals surface area contributed by atoms with E-state index in [1.165, 1.54) is 0 Å². The van der Waals surface area contributed by atoms with Crippen molar-refractivity contribution in [2.75, 3.05) is 6.54 Å². The SMILES string of the molecule is Cc1cccc(S(=O)(=O)NCCc2nc3ccccc3n2C)c1. The third kappa shape index (κ3) is 3.28. The van der Waals surface area contributed by atoms with Crippen LogP contribution in [0.4, 0.5) is 0 Å². The molecule has 0 spiro atoms. The molecule has 23 heavy (non-hydrogen) atoms. The van der Waals surface area contributed by atoms with Gasteiger partial charge < -0.3 is 4.57 Å². The molecule has 0 atom stereocenters. The molecule has 0 saturated heterocycles. The molecule has 0 fully saturated rings. The zero-order valence-corrected chi connectivity index (χ0v) is 14.0. The number of nitrogens with one attached hydrogen (secondary N) is 1. The molecule has 3 rings (SSSR count). The summed E-state index contributed by atoms with van der Waals surface area (Å²) < 4.78 is 29.2. The summed E-state index contributed by atoms with van der Waals surface area (Å²) in [5.74, 6) is 0.859. The number of fused-ring (bicyclic) bond motifs is 1. The van der Waals surface area contributed by atoms with Gasteiger partial charge in [-0.3, -0.25) is 0 Å². The maximum absolute atomic E-state index is 12.3. The molecule has 0 aliphatic heterocycles. The molecule has 1 N–H and O–H groups in total. The van der Waals surface area contributed by atoms with E-state index in [2.05, 4.69) is 9.71 Å². The molecule has 0 aliphatic carbocycles. The van der Waals surface area contributed by atoms with Gasteiger partial charge >= 0.3 is 0 Å². The maximum atomic E-state index is 12.3. The number of rotatable bonds is 5. The Kier molecular flexibility index (Phi) is 4.19. The van der Waals surface area contributed by atoms with Gasteiger partial charge in [-0.2, -0.15) is 0 Å². The summed E-state index contributed by atoms with van der Waals surface area (Å²) in [5, 5.41) is 0. The smallest absolute Gasteiger partial charge is 0.240 e. The summed E-state index contributed by atoms with van der Waals surface area (Å²) in [7, 11) is -1.54. The largest absolute Gasteiger partial charge is 0.331 e. The topological polar surface area (TPSA) is 64.0 Å². The molecule has 5 nitrogen and oxygen atoms in total. The molecule has 0 radical (unpaired) electrons. The molecule has 3 aromatic rings. The normalized spacial score (nSPS) is 11.9. The van der Waals surface area contributed by atoms with Crippen molar-refractivity contribution in [1.29, 1.82) is 0 Å². The van der Waals surface area contributed by atoms with Crippen LogP contribution in [0.1, 0.15) is 11.4 Å². The van der Waals surface area contributed by atoms with Crippen molar-refractivity contribution < 1.29 is 8.42 Å². The van der Waals surface area contributed by atoms with Gasteiger partial charge in [0.15, 0.2) is 0 Å². The van der Waals surface area contributed by atoms with E-state index in [0.717, 1.165) is 22.4 Å². The molecule has 2 aromatic carbocycles. The van der Waals surface area contributed by atoms with Crippen LogP contribution in [0.15, 0.2) is 53.4 Å². The van der Waals surface area contributed by atoms with Crippen molar-refractivity contribution in [3.05, 3.63) is 59.9 Å². The fourth-order valence-electron chi connectivity index (χ4n) is 2.58. The summed E-state index contributed by atoms with van der Waals surface area (Å²) in [4.78, 5) is 4.84. The van der Waals surface area contributed by atoms with Gasteiger partial charge in [0.05, 0.1) is 15.9 Å². The Balaban J connectivity index is 1.72. The Labute approximate surface area is 136 Å². The van der Waals surface area contributed by atoms with Crippen LogP contribution in [0.3, 0.4) is 0 Å². The highest BCUT2D eigenvalue weighted by Crippen LogP contribution is 2.15. The number of para-hydroxylation sites is 2. The highest BCUT2D eigenvalue weighted by Gasteiger charge is 2.14. The second-order valence-electron chi connectivity index (χ2n) is 5.54. The highest BCUT2D eigenvalue weighted by molar-refractivity contribution is 7.89. The molecule has 120 valence electrons. The van der Waals surface area contributed by atoms with Crippen LogP contribution in [0.25, 0.3) is 11.0 Å². The van der Waals surface area contributed by atoms with Gasteiger partial charge in [-0.25, -0.2) is 18.1 Å². The van der Waals surface area contributed by atoms with E-state index in [1.54, 1.807) is 18.2 Å². The van der Waals surface area contributed by atoms with Gasteiger partial charge in [-0.05, 0) is 36.8 Å². The predicted octanol–water partition coefficient (Wildman–Crippen LogP) is 2.40. The van der Waals surface area contributed by atoms with Crippen LogP contribution < -0.4 is 4.72 Å². The lowest BCUT2D eigenvalue weighted by molar-refractivity contribution is 0.580. The molecule has 0 saturated carbocycles. The Hall–Kier alpha value is -2.18. The summed E-state index contributed by atoms with van der Waals surface area (Å²) in [5.41, 5.74) is 2.89. The second kappa shape index (κ2) is 6.14. The number of hydrogen-bond donors (Lipinski definition) is 1. The molecule has 0 unspecified atom stereocenters. The van der Waals surface area contributed by atoms with Crippen molar-refractivity contribution >= 4 is 21.1 Å². The number of sulfonamides is 1. The highest BCUT2D eigenvalue weighted by atomic mass is 32.2. The number of nitrogens with zero attached hydrogens (tertiary/aromatic N) is 2. The lowest BCUT2D eigenvalue weighted by Crippen LogP contribution is -2.26. The minimum atomic E-state index is -3.48. The fraction of sp³-hybridized carbons (Fsp3) is 0.235. The fourth-order valence-corrected chi connectivity index (χ4v) is 3.72. The molecular weight excluding hydrogens is 310 g/mol. The average Bonchev–Trinajstić information content (AvgIpc) is 2.84. The monoisotopic (exact) mass is 329 g/mol. The van der Waals surface area contributed by atoms with Crippen molar-refractivity contribution in [1.82, 2.24) is 14.3 Å². The lowest BCUT2D eigenvalue weighted by Gasteiger charge is -2.07. The molecule has 0 aliphatic rings. The van der Waals surface area contributed by atoms with E-state index in [1.807, 2.05) is 48.9 Å². The summed E-state index contributed by atoms with van der Waals surface area (Å²) in [6.45, 7) is 2.19. The van der Waals surface area contributed by atoms with Crippen molar-refractivity contribution in [2.45, 2.75) is 18.2 Å². The van der Waals surface area contributed by atoms with Crippen LogP contribution in [0, 0.1) is 6.92 Å². The lowest BCUT2D eigenvalue weighted by atomic mass is 10.2. The maximum Gasteiger partial charge on any atom is 0.240 e. The summed E-state index contributed by atoms with van der Waals surface area (Å²) in [6.07, 6.45) is 0.538. The molecule has 0 bridgehead atoms. The third-order valence-electron chi connectivity index (χ3n) is 3.82. The molecule has 0 amide bonds. The second-order valence-corrected chi connectivity index (χ2v) is 7.31. The van der Waals surface area contributed by atoms with Crippen LogP contribution in [-0.4, -0.2) is 24.5 Å². The first-order valence-corrected chi connectivity index (χ1v) is 8.92. The van der Waals surface area contributed by atoms with Gasteiger partial charge in [0.2, 0.25) is 10.0 Å². The van der Waals surface area contributed by atoms with E-state index in [4.69, 9.17) is 0 Å².